The Labute approximate surface area is 84.1 Å². The summed E-state index contributed by atoms with van der Waals surface area (Å²) in [5.74, 6) is 4.75. The summed E-state index contributed by atoms with van der Waals surface area (Å²) in [6, 6.07) is 0. The third kappa shape index (κ3) is 2.72. The highest BCUT2D eigenvalue weighted by Crippen LogP contribution is 2.40. The summed E-state index contributed by atoms with van der Waals surface area (Å²) in [6.45, 7) is 12.0. The van der Waals surface area contributed by atoms with Crippen LogP contribution in [-0.2, 0) is 0 Å². The van der Waals surface area contributed by atoms with E-state index in [-0.39, 0.29) is 0 Å². The largest absolute Gasteiger partial charge is 0.0625 e. The summed E-state index contributed by atoms with van der Waals surface area (Å²) < 4.78 is 0. The minimum atomic E-state index is 0.892. The van der Waals surface area contributed by atoms with E-state index in [1.807, 2.05) is 0 Å². The zero-order valence-corrected chi connectivity index (χ0v) is 10.0. The summed E-state index contributed by atoms with van der Waals surface area (Å²) in [5.41, 5.74) is 0. The van der Waals surface area contributed by atoms with Crippen molar-refractivity contribution in [3.8, 4) is 0 Å². The Hall–Kier alpha value is 0. The van der Waals surface area contributed by atoms with Gasteiger partial charge in [0.15, 0.2) is 0 Å². The lowest BCUT2D eigenvalue weighted by Gasteiger charge is -2.38. The van der Waals surface area contributed by atoms with Gasteiger partial charge >= 0.3 is 0 Å². The fourth-order valence-corrected chi connectivity index (χ4v) is 3.06. The second kappa shape index (κ2) is 4.48. The minimum absolute atomic E-state index is 0.892. The van der Waals surface area contributed by atoms with E-state index in [4.69, 9.17) is 0 Å². The fourth-order valence-electron chi connectivity index (χ4n) is 3.06. The smallest absolute Gasteiger partial charge is 0.0365 e. The highest BCUT2D eigenvalue weighted by atomic mass is 14.4. The molecule has 1 fully saturated rings. The highest BCUT2D eigenvalue weighted by molar-refractivity contribution is 4.80. The topological polar surface area (TPSA) is 0 Å². The standard InChI is InChI=1S/C13H26/c1-9(2)12-6-7-13(10(3)4)11(5)8-12/h9-13H,6-8H2,1-5H3/t11-,12+,13?/m0/s1. The van der Waals surface area contributed by atoms with Crippen LogP contribution >= 0.6 is 0 Å². The quantitative estimate of drug-likeness (QED) is 0.595. The average molecular weight is 182 g/mol. The van der Waals surface area contributed by atoms with Crippen LogP contribution in [0.5, 0.6) is 0 Å². The number of rotatable bonds is 2. The minimum Gasteiger partial charge on any atom is -0.0625 e. The number of hydrogen-bond donors (Lipinski definition) is 0. The van der Waals surface area contributed by atoms with Crippen molar-refractivity contribution >= 4 is 0 Å². The van der Waals surface area contributed by atoms with Crippen molar-refractivity contribution < 1.29 is 0 Å². The van der Waals surface area contributed by atoms with Gasteiger partial charge in [0, 0.05) is 0 Å². The first kappa shape index (κ1) is 11.1. The molecule has 1 aliphatic rings. The molecular weight excluding hydrogens is 156 g/mol. The molecule has 0 heterocycles. The first-order valence-corrected chi connectivity index (χ1v) is 6.02. The maximum atomic E-state index is 2.46. The molecule has 1 saturated carbocycles. The van der Waals surface area contributed by atoms with Gasteiger partial charge in [-0.1, -0.05) is 34.6 Å². The lowest BCUT2D eigenvalue weighted by molar-refractivity contribution is 0.126. The van der Waals surface area contributed by atoms with E-state index < -0.39 is 0 Å². The number of hydrogen-bond acceptors (Lipinski definition) is 0. The molecule has 3 atom stereocenters. The molecular formula is C13H26. The van der Waals surface area contributed by atoms with E-state index in [0.29, 0.717) is 0 Å². The van der Waals surface area contributed by atoms with Crippen LogP contribution in [0, 0.1) is 29.6 Å². The fraction of sp³-hybridized carbons (Fsp3) is 1.00. The first-order valence-electron chi connectivity index (χ1n) is 6.02. The summed E-state index contributed by atoms with van der Waals surface area (Å²) in [6.07, 6.45) is 4.42. The molecule has 0 spiro atoms. The van der Waals surface area contributed by atoms with Gasteiger partial charge in [0.1, 0.15) is 0 Å². The summed E-state index contributed by atoms with van der Waals surface area (Å²) >= 11 is 0. The van der Waals surface area contributed by atoms with Gasteiger partial charge in [0.25, 0.3) is 0 Å². The van der Waals surface area contributed by atoms with E-state index in [9.17, 15) is 0 Å². The summed E-state index contributed by atoms with van der Waals surface area (Å²) in [4.78, 5) is 0. The normalized spacial score (nSPS) is 35.8. The molecule has 1 rings (SSSR count). The molecule has 0 nitrogen and oxygen atoms in total. The molecule has 78 valence electrons. The SMILES string of the molecule is CC(C)C1CC[C@@H](C(C)C)C[C@@H]1C. The Morgan fingerprint density at radius 3 is 1.92 bits per heavy atom. The Kier molecular flexibility index (Phi) is 3.82. The third-order valence-electron chi connectivity index (χ3n) is 4.08. The molecule has 1 aliphatic carbocycles. The van der Waals surface area contributed by atoms with Crippen LogP contribution in [0.3, 0.4) is 0 Å². The Morgan fingerprint density at radius 2 is 1.54 bits per heavy atom. The van der Waals surface area contributed by atoms with Crippen molar-refractivity contribution in [3.05, 3.63) is 0 Å². The van der Waals surface area contributed by atoms with Gasteiger partial charge in [-0.15, -0.1) is 0 Å². The molecule has 0 N–H and O–H groups in total. The molecule has 0 aromatic rings. The van der Waals surface area contributed by atoms with Gasteiger partial charge in [-0.05, 0) is 48.9 Å². The molecule has 0 aromatic carbocycles. The van der Waals surface area contributed by atoms with Crippen LogP contribution in [0.2, 0.25) is 0 Å². The second-order valence-electron chi connectivity index (χ2n) is 5.70. The van der Waals surface area contributed by atoms with Crippen molar-refractivity contribution in [2.24, 2.45) is 29.6 Å². The molecule has 0 saturated heterocycles. The lowest BCUT2D eigenvalue weighted by Crippen LogP contribution is -2.28. The molecule has 0 aliphatic heterocycles. The van der Waals surface area contributed by atoms with Gasteiger partial charge in [0.05, 0.1) is 0 Å². The summed E-state index contributed by atoms with van der Waals surface area (Å²) in [5, 5.41) is 0. The predicted molar refractivity (Wildman–Crippen MR) is 59.7 cm³/mol. The van der Waals surface area contributed by atoms with E-state index in [1.165, 1.54) is 19.3 Å². The molecule has 0 aromatic heterocycles. The average Bonchev–Trinajstić information content (AvgIpc) is 2.03. The van der Waals surface area contributed by atoms with Crippen LogP contribution in [0.1, 0.15) is 53.9 Å². The molecule has 0 bridgehead atoms. The predicted octanol–water partition coefficient (Wildman–Crippen LogP) is 4.35. The molecule has 1 unspecified atom stereocenters. The monoisotopic (exact) mass is 182 g/mol. The van der Waals surface area contributed by atoms with Crippen LogP contribution in [-0.4, -0.2) is 0 Å². The highest BCUT2D eigenvalue weighted by Gasteiger charge is 2.30. The third-order valence-corrected chi connectivity index (χ3v) is 4.08. The zero-order valence-electron chi connectivity index (χ0n) is 10.0. The van der Waals surface area contributed by atoms with Gasteiger partial charge < -0.3 is 0 Å². The van der Waals surface area contributed by atoms with Gasteiger partial charge in [-0.25, -0.2) is 0 Å². The van der Waals surface area contributed by atoms with Crippen LogP contribution in [0.25, 0.3) is 0 Å². The molecule has 13 heavy (non-hydrogen) atoms. The van der Waals surface area contributed by atoms with E-state index in [2.05, 4.69) is 34.6 Å². The van der Waals surface area contributed by atoms with Crippen LogP contribution in [0.15, 0.2) is 0 Å². The molecule has 0 heteroatoms. The van der Waals surface area contributed by atoms with E-state index >= 15 is 0 Å². The molecule has 0 amide bonds. The Balaban J connectivity index is 2.46. The van der Waals surface area contributed by atoms with E-state index in [0.717, 1.165) is 29.6 Å². The lowest BCUT2D eigenvalue weighted by atomic mass is 9.68. The molecule has 0 radical (unpaired) electrons. The maximum Gasteiger partial charge on any atom is -0.0365 e. The second-order valence-corrected chi connectivity index (χ2v) is 5.70. The van der Waals surface area contributed by atoms with Gasteiger partial charge in [-0.2, -0.15) is 0 Å². The Morgan fingerprint density at radius 1 is 0.923 bits per heavy atom. The van der Waals surface area contributed by atoms with Crippen molar-refractivity contribution in [2.45, 2.75) is 53.9 Å². The van der Waals surface area contributed by atoms with Crippen LogP contribution < -0.4 is 0 Å². The van der Waals surface area contributed by atoms with Crippen molar-refractivity contribution in [3.63, 3.8) is 0 Å². The van der Waals surface area contributed by atoms with Crippen molar-refractivity contribution in [1.82, 2.24) is 0 Å². The van der Waals surface area contributed by atoms with Crippen LogP contribution in [0.4, 0.5) is 0 Å². The maximum absolute atomic E-state index is 2.46. The van der Waals surface area contributed by atoms with E-state index in [1.54, 1.807) is 0 Å². The van der Waals surface area contributed by atoms with Crippen molar-refractivity contribution in [2.75, 3.05) is 0 Å². The van der Waals surface area contributed by atoms with Gasteiger partial charge in [0.2, 0.25) is 0 Å². The Bertz CT molecular complexity index is 146. The van der Waals surface area contributed by atoms with Gasteiger partial charge in [-0.3, -0.25) is 0 Å². The zero-order chi connectivity index (χ0) is 10.0. The van der Waals surface area contributed by atoms with Crippen molar-refractivity contribution in [1.29, 1.82) is 0 Å². The summed E-state index contributed by atoms with van der Waals surface area (Å²) in [7, 11) is 0. The first-order chi connectivity index (χ1) is 6.02.